The second-order valence-electron chi connectivity index (χ2n) is 3.65. The van der Waals surface area contributed by atoms with Crippen LogP contribution in [-0.4, -0.2) is 48.6 Å². The topological polar surface area (TPSA) is 73.3 Å². The second-order valence-corrected chi connectivity index (χ2v) is 4.39. The predicted octanol–water partition coefficient (Wildman–Crippen LogP) is 0.929. The van der Waals surface area contributed by atoms with Crippen molar-refractivity contribution in [2.24, 2.45) is 0 Å². The minimum Gasteiger partial charge on any atom is -0.376 e. The SMILES string of the molecule is O=C(NCC1COCCO1)c1cc(Cl)nnc1Cl. The van der Waals surface area contributed by atoms with Gasteiger partial charge in [-0.2, -0.15) is 0 Å². The fraction of sp³-hybridized carbons (Fsp3) is 0.500. The molecule has 0 aromatic carbocycles. The molecule has 6 nitrogen and oxygen atoms in total. The number of hydrogen-bond donors (Lipinski definition) is 1. The fourth-order valence-corrected chi connectivity index (χ4v) is 1.79. The van der Waals surface area contributed by atoms with Crippen LogP contribution in [0.2, 0.25) is 10.3 Å². The standard InChI is InChI=1S/C10H11Cl2N3O3/c11-8-3-7(9(12)15-14-8)10(16)13-4-6-5-17-1-2-18-6/h3,6H,1-2,4-5H2,(H,13,16). The minimum absolute atomic E-state index is 0.0118. The number of hydrogen-bond acceptors (Lipinski definition) is 5. The van der Waals surface area contributed by atoms with Gasteiger partial charge in [-0.25, -0.2) is 0 Å². The first kappa shape index (κ1) is 13.5. The molecule has 1 aromatic heterocycles. The molecule has 0 aliphatic carbocycles. The summed E-state index contributed by atoms with van der Waals surface area (Å²) in [7, 11) is 0. The Kier molecular flexibility index (Phi) is 4.71. The zero-order valence-electron chi connectivity index (χ0n) is 9.36. The Labute approximate surface area is 114 Å². The van der Waals surface area contributed by atoms with E-state index in [0.717, 1.165) is 0 Å². The summed E-state index contributed by atoms with van der Waals surface area (Å²) in [5.41, 5.74) is 0.188. The molecule has 0 spiro atoms. The summed E-state index contributed by atoms with van der Waals surface area (Å²) in [5.74, 6) is -0.369. The number of amides is 1. The molecule has 1 atom stereocenters. The van der Waals surface area contributed by atoms with Crippen molar-refractivity contribution < 1.29 is 14.3 Å². The van der Waals surface area contributed by atoms with Gasteiger partial charge in [0.05, 0.1) is 31.5 Å². The third kappa shape index (κ3) is 3.52. The van der Waals surface area contributed by atoms with E-state index in [0.29, 0.717) is 26.4 Å². The van der Waals surface area contributed by atoms with Gasteiger partial charge in [0.1, 0.15) is 0 Å². The first-order valence-electron chi connectivity index (χ1n) is 5.33. The van der Waals surface area contributed by atoms with Crippen LogP contribution >= 0.6 is 23.2 Å². The Bertz CT molecular complexity index is 438. The van der Waals surface area contributed by atoms with Crippen LogP contribution in [0.15, 0.2) is 6.07 Å². The third-order valence-electron chi connectivity index (χ3n) is 2.34. The normalized spacial score (nSPS) is 19.6. The maximum atomic E-state index is 11.8. The minimum atomic E-state index is -0.369. The van der Waals surface area contributed by atoms with E-state index in [2.05, 4.69) is 15.5 Å². The molecule has 1 fully saturated rings. The van der Waals surface area contributed by atoms with E-state index in [1.165, 1.54) is 6.07 Å². The Hall–Kier alpha value is -0.950. The van der Waals surface area contributed by atoms with Crippen LogP contribution in [0.4, 0.5) is 0 Å². The first-order chi connectivity index (χ1) is 8.66. The first-order valence-corrected chi connectivity index (χ1v) is 6.08. The van der Waals surface area contributed by atoms with Gasteiger partial charge >= 0.3 is 0 Å². The van der Waals surface area contributed by atoms with Crippen LogP contribution in [0.25, 0.3) is 0 Å². The number of carbonyl (C=O) groups excluding carboxylic acids is 1. The van der Waals surface area contributed by atoms with Crippen molar-refractivity contribution in [2.75, 3.05) is 26.4 Å². The molecule has 98 valence electrons. The highest BCUT2D eigenvalue weighted by molar-refractivity contribution is 6.34. The van der Waals surface area contributed by atoms with Gasteiger partial charge in [0.15, 0.2) is 10.3 Å². The Morgan fingerprint density at radius 3 is 3.00 bits per heavy atom. The summed E-state index contributed by atoms with van der Waals surface area (Å²) in [4.78, 5) is 11.8. The molecular weight excluding hydrogens is 281 g/mol. The number of halogens is 2. The van der Waals surface area contributed by atoms with Crippen LogP contribution in [-0.2, 0) is 9.47 Å². The third-order valence-corrected chi connectivity index (χ3v) is 2.80. The Morgan fingerprint density at radius 1 is 1.44 bits per heavy atom. The monoisotopic (exact) mass is 291 g/mol. The smallest absolute Gasteiger partial charge is 0.254 e. The van der Waals surface area contributed by atoms with Gasteiger partial charge in [-0.3, -0.25) is 4.79 Å². The molecule has 0 radical (unpaired) electrons. The van der Waals surface area contributed by atoms with Crippen molar-refractivity contribution in [1.82, 2.24) is 15.5 Å². The van der Waals surface area contributed by atoms with E-state index in [1.807, 2.05) is 0 Å². The summed E-state index contributed by atoms with van der Waals surface area (Å²) in [6.07, 6.45) is -0.147. The van der Waals surface area contributed by atoms with E-state index in [1.54, 1.807) is 0 Å². The maximum Gasteiger partial charge on any atom is 0.254 e. The number of aromatic nitrogens is 2. The van der Waals surface area contributed by atoms with Crippen molar-refractivity contribution in [1.29, 1.82) is 0 Å². The zero-order valence-corrected chi connectivity index (χ0v) is 10.9. The van der Waals surface area contributed by atoms with Crippen molar-refractivity contribution in [3.63, 3.8) is 0 Å². The molecule has 1 saturated heterocycles. The van der Waals surface area contributed by atoms with Crippen LogP contribution in [0.3, 0.4) is 0 Å². The van der Waals surface area contributed by atoms with Gasteiger partial charge in [0, 0.05) is 6.54 Å². The van der Waals surface area contributed by atoms with Crippen molar-refractivity contribution in [3.8, 4) is 0 Å². The Balaban J connectivity index is 1.92. The van der Waals surface area contributed by atoms with Crippen molar-refractivity contribution in [2.45, 2.75) is 6.10 Å². The van der Waals surface area contributed by atoms with E-state index in [4.69, 9.17) is 32.7 Å². The van der Waals surface area contributed by atoms with E-state index in [-0.39, 0.29) is 27.9 Å². The van der Waals surface area contributed by atoms with Crippen molar-refractivity contribution in [3.05, 3.63) is 21.9 Å². The van der Waals surface area contributed by atoms with E-state index < -0.39 is 0 Å². The van der Waals surface area contributed by atoms with Gasteiger partial charge in [-0.05, 0) is 6.07 Å². The molecule has 0 saturated carbocycles. The average molecular weight is 292 g/mol. The largest absolute Gasteiger partial charge is 0.376 e. The van der Waals surface area contributed by atoms with Crippen LogP contribution in [0, 0.1) is 0 Å². The molecule has 1 N–H and O–H groups in total. The molecule has 1 amide bonds. The lowest BCUT2D eigenvalue weighted by molar-refractivity contribution is -0.0855. The highest BCUT2D eigenvalue weighted by Crippen LogP contribution is 2.15. The summed E-state index contributed by atoms with van der Waals surface area (Å²) < 4.78 is 10.6. The maximum absolute atomic E-state index is 11.8. The van der Waals surface area contributed by atoms with Gasteiger partial charge in [-0.1, -0.05) is 23.2 Å². The predicted molar refractivity (Wildman–Crippen MR) is 64.9 cm³/mol. The number of nitrogens with one attached hydrogen (secondary N) is 1. The lowest BCUT2D eigenvalue weighted by Gasteiger charge is -2.23. The number of nitrogens with zero attached hydrogens (tertiary/aromatic N) is 2. The molecule has 1 aliphatic heterocycles. The van der Waals surface area contributed by atoms with Gasteiger partial charge < -0.3 is 14.8 Å². The fourth-order valence-electron chi connectivity index (χ4n) is 1.47. The molecule has 8 heteroatoms. The molecule has 18 heavy (non-hydrogen) atoms. The number of rotatable bonds is 3. The van der Waals surface area contributed by atoms with Crippen LogP contribution in [0.5, 0.6) is 0 Å². The average Bonchev–Trinajstić information content (AvgIpc) is 2.40. The summed E-state index contributed by atoms with van der Waals surface area (Å²) in [6.45, 7) is 1.92. The molecule has 1 aromatic rings. The lowest BCUT2D eigenvalue weighted by Crippen LogP contribution is -2.39. The van der Waals surface area contributed by atoms with E-state index in [9.17, 15) is 4.79 Å². The van der Waals surface area contributed by atoms with Gasteiger partial charge in [0.2, 0.25) is 0 Å². The molecule has 1 aliphatic rings. The van der Waals surface area contributed by atoms with Gasteiger partial charge in [0.25, 0.3) is 5.91 Å². The summed E-state index contributed by atoms with van der Waals surface area (Å²) in [5, 5.41) is 9.90. The number of ether oxygens (including phenoxy) is 2. The highest BCUT2D eigenvalue weighted by Gasteiger charge is 2.18. The lowest BCUT2D eigenvalue weighted by atomic mass is 10.2. The molecule has 2 heterocycles. The Morgan fingerprint density at radius 2 is 2.28 bits per heavy atom. The van der Waals surface area contributed by atoms with Crippen LogP contribution in [0.1, 0.15) is 10.4 Å². The zero-order chi connectivity index (χ0) is 13.0. The van der Waals surface area contributed by atoms with Crippen LogP contribution < -0.4 is 5.32 Å². The molecule has 0 bridgehead atoms. The molecule has 1 unspecified atom stereocenters. The summed E-state index contributed by atoms with van der Waals surface area (Å²) in [6, 6.07) is 1.37. The van der Waals surface area contributed by atoms with Gasteiger partial charge in [-0.15, -0.1) is 10.2 Å². The molecule has 2 rings (SSSR count). The van der Waals surface area contributed by atoms with Crippen molar-refractivity contribution >= 4 is 29.1 Å². The number of carbonyl (C=O) groups is 1. The highest BCUT2D eigenvalue weighted by atomic mass is 35.5. The molecular formula is C10H11Cl2N3O3. The summed E-state index contributed by atoms with van der Waals surface area (Å²) >= 11 is 11.4. The second kappa shape index (κ2) is 6.29. The van der Waals surface area contributed by atoms with E-state index >= 15 is 0 Å². The quantitative estimate of drug-likeness (QED) is 0.897.